The van der Waals surface area contributed by atoms with Crippen LogP contribution in [0.4, 0.5) is 10.1 Å². The largest absolute Gasteiger partial charge is 0.396 e. The zero-order chi connectivity index (χ0) is 27.0. The van der Waals surface area contributed by atoms with Crippen LogP contribution in [-0.2, 0) is 6.42 Å². The van der Waals surface area contributed by atoms with Gasteiger partial charge in [-0.25, -0.2) is 13.9 Å². The second-order valence-electron chi connectivity index (χ2n) is 10.7. The molecule has 2 fully saturated rings. The number of hydrogen-bond donors (Lipinski definition) is 3. The molecule has 1 amide bonds. The Labute approximate surface area is 221 Å². The first-order chi connectivity index (χ1) is 18.3. The summed E-state index contributed by atoms with van der Waals surface area (Å²) in [5, 5.41) is 33.8. The first kappa shape index (κ1) is 26.5. The minimum atomic E-state index is -1.65. The van der Waals surface area contributed by atoms with Gasteiger partial charge < -0.3 is 25.1 Å². The molecule has 1 unspecified atom stereocenters. The predicted octanol–water partition coefficient (Wildman–Crippen LogP) is 3.00. The van der Waals surface area contributed by atoms with Crippen molar-refractivity contribution >= 4 is 17.2 Å². The van der Waals surface area contributed by atoms with Crippen LogP contribution in [0.5, 0.6) is 0 Å². The van der Waals surface area contributed by atoms with Crippen molar-refractivity contribution < 1.29 is 24.5 Å². The second-order valence-corrected chi connectivity index (χ2v) is 10.7. The number of likely N-dealkylation sites (tertiary alicyclic amines) is 1. The van der Waals surface area contributed by atoms with E-state index in [1.165, 1.54) is 6.07 Å². The van der Waals surface area contributed by atoms with Crippen molar-refractivity contribution in [1.29, 1.82) is 0 Å². The Hall–Kier alpha value is -3.08. The van der Waals surface area contributed by atoms with Gasteiger partial charge in [0.25, 0.3) is 5.91 Å². The van der Waals surface area contributed by atoms with Crippen molar-refractivity contribution in [1.82, 2.24) is 19.5 Å². The molecule has 2 aliphatic heterocycles. The minimum absolute atomic E-state index is 0.0764. The number of aryl methyl sites for hydroxylation is 1. The highest BCUT2D eigenvalue weighted by molar-refractivity contribution is 5.93. The van der Waals surface area contributed by atoms with Crippen LogP contribution in [0.3, 0.4) is 0 Å². The molecule has 2 atom stereocenters. The molecule has 0 bridgehead atoms. The number of carbonyl (C=O) groups excluding carboxylic acids is 1. The Bertz CT molecular complexity index is 1330. The summed E-state index contributed by atoms with van der Waals surface area (Å²) in [6, 6.07) is 8.48. The molecule has 204 valence electrons. The lowest BCUT2D eigenvalue weighted by Gasteiger charge is -2.29. The molecule has 4 heterocycles. The van der Waals surface area contributed by atoms with Gasteiger partial charge in [-0.2, -0.15) is 5.10 Å². The highest BCUT2D eigenvalue weighted by Crippen LogP contribution is 2.37. The highest BCUT2D eigenvalue weighted by Gasteiger charge is 2.43. The van der Waals surface area contributed by atoms with Gasteiger partial charge in [0.1, 0.15) is 11.5 Å². The molecule has 1 aromatic carbocycles. The molecule has 0 radical (unpaired) electrons. The van der Waals surface area contributed by atoms with Crippen molar-refractivity contribution in [2.45, 2.75) is 64.7 Å². The first-order valence-corrected chi connectivity index (χ1v) is 13.5. The molecule has 5 rings (SSSR count). The third-order valence-electron chi connectivity index (χ3n) is 8.24. The van der Waals surface area contributed by atoms with Crippen LogP contribution in [0.25, 0.3) is 16.9 Å². The molecular weight excluding hydrogens is 489 g/mol. The third-order valence-corrected chi connectivity index (χ3v) is 8.24. The van der Waals surface area contributed by atoms with Crippen LogP contribution >= 0.6 is 0 Å². The molecule has 38 heavy (non-hydrogen) atoms. The van der Waals surface area contributed by atoms with E-state index in [0.29, 0.717) is 47.7 Å². The smallest absolute Gasteiger partial charge is 0.272 e. The monoisotopic (exact) mass is 525 g/mol. The number of halogens is 1. The highest BCUT2D eigenvalue weighted by atomic mass is 19.1. The van der Waals surface area contributed by atoms with Crippen molar-refractivity contribution in [2.24, 2.45) is 5.41 Å². The van der Waals surface area contributed by atoms with E-state index in [4.69, 9.17) is 0 Å². The maximum Gasteiger partial charge on any atom is 0.272 e. The zero-order valence-corrected chi connectivity index (χ0v) is 22.0. The third kappa shape index (κ3) is 4.76. The van der Waals surface area contributed by atoms with Crippen LogP contribution in [-0.4, -0.2) is 79.3 Å². The summed E-state index contributed by atoms with van der Waals surface area (Å²) in [6.45, 7) is 5.12. The Morgan fingerprint density at radius 3 is 2.68 bits per heavy atom. The molecule has 0 spiro atoms. The predicted molar refractivity (Wildman–Crippen MR) is 141 cm³/mol. The number of fused-ring (bicyclic) bond motifs is 1. The van der Waals surface area contributed by atoms with Gasteiger partial charge in [-0.15, -0.1) is 0 Å². The van der Waals surface area contributed by atoms with Crippen LogP contribution in [0, 0.1) is 11.2 Å². The van der Waals surface area contributed by atoms with E-state index < -0.39 is 17.5 Å². The lowest BCUT2D eigenvalue weighted by atomic mass is 9.87. The molecule has 2 aromatic heterocycles. The average molecular weight is 526 g/mol. The number of rotatable bonds is 6. The quantitative estimate of drug-likeness (QED) is 0.424. The number of aliphatic hydroxyl groups excluding tert-OH is 2. The summed E-state index contributed by atoms with van der Waals surface area (Å²) in [5.41, 5.74) is 1.99. The van der Waals surface area contributed by atoms with Gasteiger partial charge in [0.05, 0.1) is 17.7 Å². The van der Waals surface area contributed by atoms with E-state index in [0.717, 1.165) is 37.9 Å². The number of benzene rings is 1. The molecule has 0 aliphatic carbocycles. The zero-order valence-electron chi connectivity index (χ0n) is 22.0. The Morgan fingerprint density at radius 1 is 1.18 bits per heavy atom. The first-order valence-electron chi connectivity index (χ1n) is 13.5. The van der Waals surface area contributed by atoms with Crippen LogP contribution in [0.2, 0.25) is 0 Å². The Kier molecular flexibility index (Phi) is 7.39. The van der Waals surface area contributed by atoms with Crippen molar-refractivity contribution in [3.63, 3.8) is 0 Å². The standard InChI is InChI=1S/C28H36FN5O4/c1-3-19-14-24(26(36)33-11-6-4-5-7-18(33)2)30-25-15-23(31-34(19)25)21-9-8-20(13-22(21)29)32-12-10-28(16-32,17-35)27(37)38/h8-9,13-15,18,27,35,37-38H,3-7,10-12,16-17H2,1-2H3/t18-,28?/m1/s1. The summed E-state index contributed by atoms with van der Waals surface area (Å²) in [4.78, 5) is 21.8. The number of aromatic nitrogens is 3. The summed E-state index contributed by atoms with van der Waals surface area (Å²) in [7, 11) is 0. The van der Waals surface area contributed by atoms with Gasteiger partial charge in [-0.05, 0) is 56.9 Å². The molecule has 10 heteroatoms. The Morgan fingerprint density at radius 2 is 2.00 bits per heavy atom. The lowest BCUT2D eigenvalue weighted by molar-refractivity contribution is -0.142. The summed E-state index contributed by atoms with van der Waals surface area (Å²) in [5.74, 6) is -0.544. The van der Waals surface area contributed by atoms with E-state index in [1.807, 2.05) is 16.7 Å². The van der Waals surface area contributed by atoms with Gasteiger partial charge in [-0.1, -0.05) is 19.8 Å². The van der Waals surface area contributed by atoms with Gasteiger partial charge in [0.2, 0.25) is 0 Å². The van der Waals surface area contributed by atoms with Gasteiger partial charge >= 0.3 is 0 Å². The molecule has 3 N–H and O–H groups in total. The van der Waals surface area contributed by atoms with Crippen molar-refractivity contribution in [3.05, 3.63) is 47.5 Å². The number of nitrogens with zero attached hydrogens (tertiary/aromatic N) is 5. The van der Waals surface area contributed by atoms with Gasteiger partial charge in [-0.3, -0.25) is 4.79 Å². The van der Waals surface area contributed by atoms with E-state index >= 15 is 4.39 Å². The van der Waals surface area contributed by atoms with Gasteiger partial charge in [0.15, 0.2) is 11.9 Å². The maximum atomic E-state index is 15.4. The fourth-order valence-corrected chi connectivity index (χ4v) is 5.70. The number of hydrogen-bond acceptors (Lipinski definition) is 7. The number of carbonyl (C=O) groups is 1. The lowest BCUT2D eigenvalue weighted by Crippen LogP contribution is -2.41. The molecule has 9 nitrogen and oxygen atoms in total. The Balaban J connectivity index is 1.44. The van der Waals surface area contributed by atoms with Crippen LogP contribution < -0.4 is 4.90 Å². The second kappa shape index (κ2) is 10.6. The van der Waals surface area contributed by atoms with Crippen molar-refractivity contribution in [3.8, 4) is 11.3 Å². The number of anilines is 1. The van der Waals surface area contributed by atoms with Crippen molar-refractivity contribution in [2.75, 3.05) is 31.1 Å². The van der Waals surface area contributed by atoms with Crippen LogP contribution in [0.15, 0.2) is 30.3 Å². The maximum absolute atomic E-state index is 15.4. The fourth-order valence-electron chi connectivity index (χ4n) is 5.70. The summed E-state index contributed by atoms with van der Waals surface area (Å²) < 4.78 is 17.0. The van der Waals surface area contributed by atoms with Gasteiger partial charge in [0, 0.05) is 48.7 Å². The van der Waals surface area contributed by atoms with E-state index in [9.17, 15) is 20.1 Å². The molecule has 2 aliphatic rings. The molecule has 2 saturated heterocycles. The average Bonchev–Trinajstić information content (AvgIpc) is 3.49. The molecular formula is C28H36FN5O4. The summed E-state index contributed by atoms with van der Waals surface area (Å²) >= 11 is 0. The number of aliphatic hydroxyl groups is 3. The fraction of sp³-hybridized carbons (Fsp3) is 0.536. The topological polar surface area (TPSA) is 114 Å². The van der Waals surface area contributed by atoms with E-state index in [2.05, 4.69) is 17.0 Å². The van der Waals surface area contributed by atoms with E-state index in [-0.39, 0.29) is 25.1 Å². The minimum Gasteiger partial charge on any atom is -0.396 e. The number of amides is 1. The SMILES string of the molecule is CCc1cc(C(=O)N2CCCCC[C@H]2C)nc2cc(-c3ccc(N4CCC(CO)(C(O)O)C4)cc3F)nn12. The van der Waals surface area contributed by atoms with E-state index in [1.54, 1.807) is 28.8 Å². The molecule has 3 aromatic rings. The van der Waals surface area contributed by atoms with Crippen LogP contribution in [0.1, 0.15) is 62.1 Å². The molecule has 0 saturated carbocycles. The normalized spacial score (nSPS) is 22.4. The summed E-state index contributed by atoms with van der Waals surface area (Å²) in [6.07, 6.45) is 3.59.